The number of pyridine rings is 1. The van der Waals surface area contributed by atoms with Crippen molar-refractivity contribution < 1.29 is 9.59 Å². The number of primary amides is 1. The van der Waals surface area contributed by atoms with Crippen molar-refractivity contribution in [1.82, 2.24) is 9.88 Å². The monoisotopic (exact) mass is 269 g/mol. The number of carbonyl (C=O) groups is 2. The van der Waals surface area contributed by atoms with Crippen LogP contribution in [0.2, 0.25) is 5.02 Å². The van der Waals surface area contributed by atoms with Crippen molar-refractivity contribution in [3.05, 3.63) is 29.0 Å². The van der Waals surface area contributed by atoms with E-state index < -0.39 is 5.91 Å². The molecule has 1 rings (SSSR count). The molecule has 0 unspecified atom stereocenters. The van der Waals surface area contributed by atoms with Gasteiger partial charge >= 0.3 is 0 Å². The third kappa shape index (κ3) is 4.33. The maximum atomic E-state index is 12.2. The van der Waals surface area contributed by atoms with Crippen LogP contribution >= 0.6 is 11.6 Å². The minimum Gasteiger partial charge on any atom is -0.368 e. The van der Waals surface area contributed by atoms with Gasteiger partial charge in [-0.3, -0.25) is 14.6 Å². The number of halogens is 1. The number of amides is 2. The van der Waals surface area contributed by atoms with E-state index in [9.17, 15) is 9.59 Å². The fourth-order valence-electron chi connectivity index (χ4n) is 1.53. The molecule has 0 spiro atoms. The average Bonchev–Trinajstić information content (AvgIpc) is 2.26. The molecule has 0 aliphatic rings. The first-order valence-electron chi connectivity index (χ1n) is 5.59. The second kappa shape index (κ2) is 6.35. The lowest BCUT2D eigenvalue weighted by molar-refractivity contribution is -0.118. The summed E-state index contributed by atoms with van der Waals surface area (Å²) in [6.45, 7) is 4.22. The number of nitrogens with zero attached hydrogens (tertiary/aromatic N) is 2. The minimum absolute atomic E-state index is 0.120. The second-order valence-electron chi connectivity index (χ2n) is 4.41. The lowest BCUT2D eigenvalue weighted by Crippen LogP contribution is -2.40. The van der Waals surface area contributed by atoms with Gasteiger partial charge < -0.3 is 10.6 Å². The highest BCUT2D eigenvalue weighted by Crippen LogP contribution is 2.11. The molecule has 2 N–H and O–H groups in total. The molecule has 0 atom stereocenters. The Balaban J connectivity index is 2.90. The van der Waals surface area contributed by atoms with Crippen molar-refractivity contribution in [1.29, 1.82) is 0 Å². The van der Waals surface area contributed by atoms with Gasteiger partial charge in [0.2, 0.25) is 5.91 Å². The van der Waals surface area contributed by atoms with Crippen molar-refractivity contribution in [2.45, 2.75) is 13.8 Å². The lowest BCUT2D eigenvalue weighted by Gasteiger charge is -2.22. The molecule has 0 saturated carbocycles. The highest BCUT2D eigenvalue weighted by atomic mass is 35.5. The Labute approximate surface area is 111 Å². The zero-order valence-corrected chi connectivity index (χ0v) is 11.1. The fourth-order valence-corrected chi connectivity index (χ4v) is 1.69. The number of carbonyl (C=O) groups excluding carboxylic acids is 2. The zero-order valence-electron chi connectivity index (χ0n) is 10.4. The first kappa shape index (κ1) is 14.4. The number of nitrogens with two attached hydrogens (primary N) is 1. The Morgan fingerprint density at radius 1 is 1.50 bits per heavy atom. The lowest BCUT2D eigenvalue weighted by atomic mass is 10.2. The highest BCUT2D eigenvalue weighted by Gasteiger charge is 2.19. The second-order valence-corrected chi connectivity index (χ2v) is 4.84. The molecule has 18 heavy (non-hydrogen) atoms. The first-order chi connectivity index (χ1) is 8.40. The van der Waals surface area contributed by atoms with Gasteiger partial charge in [0.1, 0.15) is 5.69 Å². The fraction of sp³-hybridized carbons (Fsp3) is 0.417. The van der Waals surface area contributed by atoms with Crippen molar-refractivity contribution in [2.75, 3.05) is 13.1 Å². The Hall–Kier alpha value is -1.62. The standard InChI is InChI=1S/C12H16ClN3O2/c1-8(2)6-16(7-11(14)17)12(18)10-5-9(13)3-4-15-10/h3-5,8H,6-7H2,1-2H3,(H2,14,17). The van der Waals surface area contributed by atoms with Crippen LogP contribution in [0.3, 0.4) is 0 Å². The van der Waals surface area contributed by atoms with E-state index in [-0.39, 0.29) is 24.1 Å². The zero-order chi connectivity index (χ0) is 13.7. The minimum atomic E-state index is -0.550. The van der Waals surface area contributed by atoms with E-state index in [2.05, 4.69) is 4.98 Å². The number of hydrogen-bond acceptors (Lipinski definition) is 3. The van der Waals surface area contributed by atoms with E-state index >= 15 is 0 Å². The average molecular weight is 270 g/mol. The van der Waals surface area contributed by atoms with Crippen LogP contribution in [0.1, 0.15) is 24.3 Å². The third-order valence-corrected chi connectivity index (χ3v) is 2.40. The molecule has 1 aromatic heterocycles. The van der Waals surface area contributed by atoms with Crippen LogP contribution in [0.4, 0.5) is 0 Å². The molecule has 1 heterocycles. The van der Waals surface area contributed by atoms with Crippen molar-refractivity contribution in [2.24, 2.45) is 11.7 Å². The van der Waals surface area contributed by atoms with Crippen molar-refractivity contribution in [3.8, 4) is 0 Å². The topological polar surface area (TPSA) is 76.3 Å². The molecule has 5 nitrogen and oxygen atoms in total. The predicted octanol–water partition coefficient (Wildman–Crippen LogP) is 1.32. The molecular formula is C12H16ClN3O2. The molecule has 0 bridgehead atoms. The summed E-state index contributed by atoms with van der Waals surface area (Å²) in [6, 6.07) is 3.05. The van der Waals surface area contributed by atoms with E-state index in [4.69, 9.17) is 17.3 Å². The highest BCUT2D eigenvalue weighted by molar-refractivity contribution is 6.30. The summed E-state index contributed by atoms with van der Waals surface area (Å²) in [5.74, 6) is -0.663. The summed E-state index contributed by atoms with van der Waals surface area (Å²) in [5.41, 5.74) is 5.35. The summed E-state index contributed by atoms with van der Waals surface area (Å²) in [7, 11) is 0. The van der Waals surface area contributed by atoms with Gasteiger partial charge in [-0.2, -0.15) is 0 Å². The number of aromatic nitrogens is 1. The normalized spacial score (nSPS) is 10.4. The molecule has 0 saturated heterocycles. The Kier molecular flexibility index (Phi) is 5.09. The number of rotatable bonds is 5. The predicted molar refractivity (Wildman–Crippen MR) is 69.2 cm³/mol. The largest absolute Gasteiger partial charge is 0.368 e. The van der Waals surface area contributed by atoms with Crippen LogP contribution in [-0.4, -0.2) is 34.8 Å². The van der Waals surface area contributed by atoms with Gasteiger partial charge in [-0.1, -0.05) is 25.4 Å². The van der Waals surface area contributed by atoms with Crippen LogP contribution in [-0.2, 0) is 4.79 Å². The Morgan fingerprint density at radius 2 is 2.17 bits per heavy atom. The summed E-state index contributed by atoms with van der Waals surface area (Å²) in [6.07, 6.45) is 1.45. The smallest absolute Gasteiger partial charge is 0.272 e. The van der Waals surface area contributed by atoms with Gasteiger partial charge in [0.15, 0.2) is 0 Å². The van der Waals surface area contributed by atoms with Gasteiger partial charge in [-0.15, -0.1) is 0 Å². The third-order valence-electron chi connectivity index (χ3n) is 2.16. The van der Waals surface area contributed by atoms with Gasteiger partial charge in [-0.05, 0) is 18.1 Å². The van der Waals surface area contributed by atoms with E-state index in [0.29, 0.717) is 11.6 Å². The van der Waals surface area contributed by atoms with Crippen LogP contribution in [0.5, 0.6) is 0 Å². The van der Waals surface area contributed by atoms with Gasteiger partial charge in [-0.25, -0.2) is 0 Å². The maximum absolute atomic E-state index is 12.2. The van der Waals surface area contributed by atoms with E-state index in [1.165, 1.54) is 17.2 Å². The summed E-state index contributed by atoms with van der Waals surface area (Å²) >= 11 is 5.80. The molecule has 0 radical (unpaired) electrons. The van der Waals surface area contributed by atoms with Crippen molar-refractivity contribution >= 4 is 23.4 Å². The summed E-state index contributed by atoms with van der Waals surface area (Å²) in [4.78, 5) is 28.5. The quantitative estimate of drug-likeness (QED) is 0.876. The molecule has 1 aromatic rings. The maximum Gasteiger partial charge on any atom is 0.272 e. The molecule has 98 valence electrons. The van der Waals surface area contributed by atoms with Gasteiger partial charge in [0.05, 0.1) is 6.54 Å². The Bertz CT molecular complexity index is 449. The molecule has 0 fully saturated rings. The van der Waals surface area contributed by atoms with E-state index in [1.807, 2.05) is 13.8 Å². The van der Waals surface area contributed by atoms with Crippen LogP contribution in [0.25, 0.3) is 0 Å². The molecule has 0 aliphatic carbocycles. The van der Waals surface area contributed by atoms with Gasteiger partial charge in [0.25, 0.3) is 5.91 Å². The van der Waals surface area contributed by atoms with E-state index in [0.717, 1.165) is 0 Å². The van der Waals surface area contributed by atoms with Gasteiger partial charge in [0, 0.05) is 17.8 Å². The van der Waals surface area contributed by atoms with E-state index in [1.54, 1.807) is 6.07 Å². The first-order valence-corrected chi connectivity index (χ1v) is 5.97. The Morgan fingerprint density at radius 3 is 2.67 bits per heavy atom. The van der Waals surface area contributed by atoms with Crippen molar-refractivity contribution in [3.63, 3.8) is 0 Å². The van der Waals surface area contributed by atoms with Crippen LogP contribution in [0.15, 0.2) is 18.3 Å². The molecule has 0 aliphatic heterocycles. The molecule has 6 heteroatoms. The summed E-state index contributed by atoms with van der Waals surface area (Å²) < 4.78 is 0. The van der Waals surface area contributed by atoms with Crippen LogP contribution in [0, 0.1) is 5.92 Å². The molecular weight excluding hydrogens is 254 g/mol. The molecule has 0 aromatic carbocycles. The number of hydrogen-bond donors (Lipinski definition) is 1. The van der Waals surface area contributed by atoms with Crippen LogP contribution < -0.4 is 5.73 Å². The SMILES string of the molecule is CC(C)CN(CC(N)=O)C(=O)c1cc(Cl)ccn1. The molecule has 2 amide bonds. The summed E-state index contributed by atoms with van der Waals surface area (Å²) in [5, 5.41) is 0.428.